The van der Waals surface area contributed by atoms with Crippen molar-refractivity contribution in [2.45, 2.75) is 13.3 Å². The molecule has 0 heterocycles. The fraction of sp³-hybridized carbons (Fsp3) is 0.333. The first-order chi connectivity index (χ1) is 7.15. The first-order valence-corrected chi connectivity index (χ1v) is 4.97. The molecular weight excluding hydrogens is 190 g/mol. The van der Waals surface area contributed by atoms with E-state index in [1.54, 1.807) is 26.1 Å². The zero-order valence-electron chi connectivity index (χ0n) is 9.06. The highest BCUT2D eigenvalue weighted by Gasteiger charge is 2.11. The number of rotatable bonds is 4. The SMILES string of the molecule is CCC(=O)N(C)CC(=O)c1ccccc1. The van der Waals surface area contributed by atoms with Gasteiger partial charge in [0.15, 0.2) is 5.78 Å². The maximum absolute atomic E-state index is 11.7. The van der Waals surface area contributed by atoms with Crippen molar-refractivity contribution in [3.63, 3.8) is 0 Å². The number of Topliss-reactive ketones (excluding diaryl/α,β-unsaturated/α-hetero) is 1. The minimum Gasteiger partial charge on any atom is -0.338 e. The molecule has 3 heteroatoms. The predicted octanol–water partition coefficient (Wildman–Crippen LogP) is 1.74. The summed E-state index contributed by atoms with van der Waals surface area (Å²) in [7, 11) is 1.65. The molecule has 0 aliphatic carbocycles. The highest BCUT2D eigenvalue weighted by molar-refractivity contribution is 5.99. The van der Waals surface area contributed by atoms with E-state index in [4.69, 9.17) is 0 Å². The van der Waals surface area contributed by atoms with Gasteiger partial charge in [0.1, 0.15) is 0 Å². The number of carbonyl (C=O) groups excluding carboxylic acids is 2. The first-order valence-electron chi connectivity index (χ1n) is 4.97. The van der Waals surface area contributed by atoms with E-state index in [1.165, 1.54) is 4.90 Å². The van der Waals surface area contributed by atoms with E-state index in [0.717, 1.165) is 0 Å². The molecule has 0 fully saturated rings. The number of benzene rings is 1. The number of ketones is 1. The lowest BCUT2D eigenvalue weighted by Crippen LogP contribution is -2.31. The summed E-state index contributed by atoms with van der Waals surface area (Å²) >= 11 is 0. The third kappa shape index (κ3) is 3.20. The standard InChI is InChI=1S/C12H15NO2/c1-3-12(15)13(2)9-11(14)10-7-5-4-6-8-10/h4-8H,3,9H2,1-2H3. The molecule has 3 nitrogen and oxygen atoms in total. The maximum Gasteiger partial charge on any atom is 0.222 e. The highest BCUT2D eigenvalue weighted by atomic mass is 16.2. The van der Waals surface area contributed by atoms with Crippen molar-refractivity contribution >= 4 is 11.7 Å². The molecule has 0 aromatic heterocycles. The van der Waals surface area contributed by atoms with Crippen LogP contribution in [0.5, 0.6) is 0 Å². The van der Waals surface area contributed by atoms with Gasteiger partial charge in [0.2, 0.25) is 5.91 Å². The molecule has 0 aliphatic rings. The minimum absolute atomic E-state index is 0.0146. The Kier molecular flexibility index (Phi) is 4.03. The van der Waals surface area contributed by atoms with Crippen LogP contribution in [0.1, 0.15) is 23.7 Å². The second-order valence-corrected chi connectivity index (χ2v) is 3.39. The Morgan fingerprint density at radius 1 is 1.20 bits per heavy atom. The zero-order valence-corrected chi connectivity index (χ0v) is 9.06. The average molecular weight is 205 g/mol. The zero-order chi connectivity index (χ0) is 11.3. The molecule has 15 heavy (non-hydrogen) atoms. The van der Waals surface area contributed by atoms with Crippen molar-refractivity contribution in [2.75, 3.05) is 13.6 Å². The van der Waals surface area contributed by atoms with Gasteiger partial charge in [-0.05, 0) is 0 Å². The monoisotopic (exact) mass is 205 g/mol. The summed E-state index contributed by atoms with van der Waals surface area (Å²) in [5.41, 5.74) is 0.647. The van der Waals surface area contributed by atoms with Crippen molar-refractivity contribution in [3.8, 4) is 0 Å². The van der Waals surface area contributed by atoms with Crippen LogP contribution in [0.3, 0.4) is 0 Å². The maximum atomic E-state index is 11.7. The smallest absolute Gasteiger partial charge is 0.222 e. The number of hydrogen-bond donors (Lipinski definition) is 0. The lowest BCUT2D eigenvalue weighted by atomic mass is 10.1. The molecule has 0 radical (unpaired) electrons. The summed E-state index contributed by atoms with van der Waals surface area (Å²) < 4.78 is 0. The molecule has 1 rings (SSSR count). The second kappa shape index (κ2) is 5.29. The van der Waals surface area contributed by atoms with Crippen LogP contribution >= 0.6 is 0 Å². The van der Waals surface area contributed by atoms with Crippen molar-refractivity contribution in [2.24, 2.45) is 0 Å². The Balaban J connectivity index is 2.61. The van der Waals surface area contributed by atoms with Crippen LogP contribution in [-0.2, 0) is 4.79 Å². The van der Waals surface area contributed by atoms with Crippen LogP contribution in [-0.4, -0.2) is 30.2 Å². The Morgan fingerprint density at radius 3 is 2.33 bits per heavy atom. The Hall–Kier alpha value is -1.64. The van der Waals surface area contributed by atoms with Gasteiger partial charge >= 0.3 is 0 Å². The van der Waals surface area contributed by atoms with E-state index in [2.05, 4.69) is 0 Å². The Labute approximate surface area is 89.7 Å². The van der Waals surface area contributed by atoms with Crippen LogP contribution in [0.15, 0.2) is 30.3 Å². The molecule has 1 aromatic carbocycles. The number of amides is 1. The molecule has 0 atom stereocenters. The van der Waals surface area contributed by atoms with Crippen LogP contribution in [0.25, 0.3) is 0 Å². The van der Waals surface area contributed by atoms with Gasteiger partial charge in [-0.15, -0.1) is 0 Å². The summed E-state index contributed by atoms with van der Waals surface area (Å²) in [6, 6.07) is 9.00. The average Bonchev–Trinajstić information content (AvgIpc) is 2.29. The largest absolute Gasteiger partial charge is 0.338 e. The lowest BCUT2D eigenvalue weighted by molar-refractivity contribution is -0.129. The molecule has 0 unspecified atom stereocenters. The van der Waals surface area contributed by atoms with E-state index >= 15 is 0 Å². The molecular formula is C12H15NO2. The van der Waals surface area contributed by atoms with E-state index in [1.807, 2.05) is 18.2 Å². The lowest BCUT2D eigenvalue weighted by Gasteiger charge is -2.14. The summed E-state index contributed by atoms with van der Waals surface area (Å²) in [6.45, 7) is 1.93. The van der Waals surface area contributed by atoms with Crippen LogP contribution in [0.4, 0.5) is 0 Å². The van der Waals surface area contributed by atoms with Crippen molar-refractivity contribution in [3.05, 3.63) is 35.9 Å². The third-order valence-corrected chi connectivity index (χ3v) is 2.20. The number of carbonyl (C=O) groups is 2. The van der Waals surface area contributed by atoms with E-state index < -0.39 is 0 Å². The minimum atomic E-state index is -0.0279. The van der Waals surface area contributed by atoms with Crippen molar-refractivity contribution in [1.29, 1.82) is 0 Å². The number of nitrogens with zero attached hydrogens (tertiary/aromatic N) is 1. The van der Waals surface area contributed by atoms with Gasteiger partial charge in [-0.3, -0.25) is 9.59 Å². The normalized spacial score (nSPS) is 9.73. The van der Waals surface area contributed by atoms with E-state index in [9.17, 15) is 9.59 Å². The molecule has 80 valence electrons. The first kappa shape index (κ1) is 11.4. The van der Waals surface area contributed by atoms with Crippen LogP contribution in [0.2, 0.25) is 0 Å². The highest BCUT2D eigenvalue weighted by Crippen LogP contribution is 2.01. The molecule has 0 saturated heterocycles. The molecule has 1 amide bonds. The van der Waals surface area contributed by atoms with Crippen LogP contribution < -0.4 is 0 Å². The van der Waals surface area contributed by atoms with Crippen molar-refractivity contribution in [1.82, 2.24) is 4.90 Å². The summed E-state index contributed by atoms with van der Waals surface area (Å²) in [4.78, 5) is 24.4. The van der Waals surface area contributed by atoms with E-state index in [0.29, 0.717) is 12.0 Å². The summed E-state index contributed by atoms with van der Waals surface area (Å²) in [6.07, 6.45) is 0.429. The molecule has 0 bridgehead atoms. The van der Waals surface area contributed by atoms with Gasteiger partial charge in [-0.25, -0.2) is 0 Å². The van der Waals surface area contributed by atoms with Crippen molar-refractivity contribution < 1.29 is 9.59 Å². The number of likely N-dealkylation sites (N-methyl/N-ethyl adjacent to an activating group) is 1. The second-order valence-electron chi connectivity index (χ2n) is 3.39. The van der Waals surface area contributed by atoms with Gasteiger partial charge in [-0.2, -0.15) is 0 Å². The van der Waals surface area contributed by atoms with Gasteiger partial charge in [0, 0.05) is 19.0 Å². The third-order valence-electron chi connectivity index (χ3n) is 2.20. The molecule has 0 N–H and O–H groups in total. The fourth-order valence-corrected chi connectivity index (χ4v) is 1.29. The Bertz CT molecular complexity index is 346. The summed E-state index contributed by atoms with van der Waals surface area (Å²) in [5, 5.41) is 0. The molecule has 1 aromatic rings. The number of hydrogen-bond acceptors (Lipinski definition) is 2. The van der Waals surface area contributed by atoms with Crippen LogP contribution in [0, 0.1) is 0 Å². The van der Waals surface area contributed by atoms with Gasteiger partial charge in [0.25, 0.3) is 0 Å². The topological polar surface area (TPSA) is 37.4 Å². The fourth-order valence-electron chi connectivity index (χ4n) is 1.29. The molecule has 0 aliphatic heterocycles. The Morgan fingerprint density at radius 2 is 1.80 bits per heavy atom. The quantitative estimate of drug-likeness (QED) is 0.702. The summed E-state index contributed by atoms with van der Waals surface area (Å²) in [5.74, 6) is -0.0424. The molecule has 0 saturated carbocycles. The van der Waals surface area contributed by atoms with Gasteiger partial charge in [0.05, 0.1) is 6.54 Å². The molecule has 0 spiro atoms. The van der Waals surface area contributed by atoms with E-state index in [-0.39, 0.29) is 18.2 Å². The van der Waals surface area contributed by atoms with Gasteiger partial charge < -0.3 is 4.90 Å². The predicted molar refractivity (Wildman–Crippen MR) is 58.7 cm³/mol. The van der Waals surface area contributed by atoms with Gasteiger partial charge in [-0.1, -0.05) is 37.3 Å².